The van der Waals surface area contributed by atoms with Crippen LogP contribution in [0.15, 0.2) is 45.7 Å². The van der Waals surface area contributed by atoms with Gasteiger partial charge in [0.05, 0.1) is 11.4 Å². The van der Waals surface area contributed by atoms with Gasteiger partial charge in [-0.25, -0.2) is 8.42 Å². The molecule has 0 radical (unpaired) electrons. The summed E-state index contributed by atoms with van der Waals surface area (Å²) >= 11 is 0. The fraction of sp³-hybridized carbons (Fsp3) is 0.421. The van der Waals surface area contributed by atoms with Gasteiger partial charge < -0.3 is 14.6 Å². The number of alkyl halides is 3. The van der Waals surface area contributed by atoms with Crippen molar-refractivity contribution in [2.75, 3.05) is 33.7 Å². The van der Waals surface area contributed by atoms with Gasteiger partial charge in [-0.05, 0) is 57.4 Å². The molecule has 11 heteroatoms. The summed E-state index contributed by atoms with van der Waals surface area (Å²) in [7, 11) is -0.297. The molecule has 0 atom stereocenters. The first-order valence-electron chi connectivity index (χ1n) is 9.04. The molecule has 0 unspecified atom stereocenters. The van der Waals surface area contributed by atoms with Gasteiger partial charge in [-0.15, -0.1) is 0 Å². The van der Waals surface area contributed by atoms with Crippen molar-refractivity contribution in [3.05, 3.63) is 53.5 Å². The van der Waals surface area contributed by atoms with Gasteiger partial charge in [-0.3, -0.25) is 4.79 Å². The Kier molecular flexibility index (Phi) is 7.67. The number of sulfonamides is 1. The number of aryl methyl sites for hydroxylation is 1. The van der Waals surface area contributed by atoms with Crippen LogP contribution in [0.2, 0.25) is 0 Å². The highest BCUT2D eigenvalue weighted by Crippen LogP contribution is 2.20. The Hall–Kier alpha value is -2.37. The van der Waals surface area contributed by atoms with Gasteiger partial charge in [0.25, 0.3) is 5.91 Å². The first-order valence-corrected chi connectivity index (χ1v) is 10.5. The third kappa shape index (κ3) is 6.85. The quantitative estimate of drug-likeness (QED) is 0.639. The van der Waals surface area contributed by atoms with E-state index < -0.39 is 28.7 Å². The average Bonchev–Trinajstić information content (AvgIpc) is 3.07. The fourth-order valence-corrected chi connectivity index (χ4v) is 3.95. The van der Waals surface area contributed by atoms with Crippen molar-refractivity contribution in [1.29, 1.82) is 0 Å². The number of nitrogens with zero attached hydrogens (tertiary/aromatic N) is 2. The number of halogens is 3. The summed E-state index contributed by atoms with van der Waals surface area (Å²) in [6.45, 7) is 0.981. The largest absolute Gasteiger partial charge is 0.465 e. The molecule has 0 aliphatic heterocycles. The Labute approximate surface area is 173 Å². The molecule has 2 rings (SSSR count). The number of hydrogen-bond acceptors (Lipinski definition) is 5. The van der Waals surface area contributed by atoms with Crippen molar-refractivity contribution >= 4 is 15.9 Å². The molecule has 0 aliphatic carbocycles. The normalized spacial score (nSPS) is 12.5. The van der Waals surface area contributed by atoms with Crippen LogP contribution in [0, 0.1) is 6.92 Å². The topological polar surface area (TPSA) is 82.9 Å². The smallest absolute Gasteiger partial charge is 0.405 e. The molecule has 30 heavy (non-hydrogen) atoms. The standard InChI is InChI=1S/C19H24F3N3O4S/c1-14-4-7-16(29-14)12-25(11-10-24(2)3)30(27,28)17-8-5-15(6-9-17)18(26)23-13-19(20,21)22/h4-9H,10-13H2,1-3H3,(H,23,26). The van der Waals surface area contributed by atoms with Gasteiger partial charge >= 0.3 is 6.18 Å². The highest BCUT2D eigenvalue weighted by atomic mass is 32.2. The van der Waals surface area contributed by atoms with E-state index in [1.165, 1.54) is 28.6 Å². The number of carbonyl (C=O) groups is 1. The van der Waals surface area contributed by atoms with E-state index in [9.17, 15) is 26.4 Å². The molecule has 1 N–H and O–H groups in total. The minimum absolute atomic E-state index is 0.0256. The van der Waals surface area contributed by atoms with E-state index in [0.29, 0.717) is 18.1 Å². The fourth-order valence-electron chi connectivity index (χ4n) is 2.55. The van der Waals surface area contributed by atoms with E-state index in [4.69, 9.17) is 4.42 Å². The number of likely N-dealkylation sites (N-methyl/N-ethyl adjacent to an activating group) is 1. The SMILES string of the molecule is Cc1ccc(CN(CCN(C)C)S(=O)(=O)c2ccc(C(=O)NCC(F)(F)F)cc2)o1. The van der Waals surface area contributed by atoms with Gasteiger partial charge in [-0.1, -0.05) is 0 Å². The minimum atomic E-state index is -4.53. The summed E-state index contributed by atoms with van der Waals surface area (Å²) in [5, 5.41) is 1.75. The molecule has 0 fully saturated rings. The van der Waals surface area contributed by atoms with Gasteiger partial charge in [0.2, 0.25) is 10.0 Å². The van der Waals surface area contributed by atoms with E-state index in [1.54, 1.807) is 24.4 Å². The highest BCUT2D eigenvalue weighted by Gasteiger charge is 2.29. The summed E-state index contributed by atoms with van der Waals surface area (Å²) in [5.41, 5.74) is -0.0697. The van der Waals surface area contributed by atoms with Crippen LogP contribution >= 0.6 is 0 Å². The van der Waals surface area contributed by atoms with Crippen molar-refractivity contribution in [2.24, 2.45) is 0 Å². The lowest BCUT2D eigenvalue weighted by Gasteiger charge is -2.23. The molecule has 1 aromatic carbocycles. The van der Waals surface area contributed by atoms with Crippen molar-refractivity contribution in [3.63, 3.8) is 0 Å². The molecule has 0 bridgehead atoms. The molecule has 1 amide bonds. The summed E-state index contributed by atoms with van der Waals surface area (Å²) < 4.78 is 69.7. The van der Waals surface area contributed by atoms with E-state index >= 15 is 0 Å². The maximum atomic E-state index is 13.1. The zero-order chi connectivity index (χ0) is 22.5. The number of benzene rings is 1. The predicted molar refractivity (Wildman–Crippen MR) is 104 cm³/mol. The monoisotopic (exact) mass is 447 g/mol. The summed E-state index contributed by atoms with van der Waals surface area (Å²) in [6.07, 6.45) is -4.53. The van der Waals surface area contributed by atoms with E-state index in [1.807, 2.05) is 19.0 Å². The summed E-state index contributed by atoms with van der Waals surface area (Å²) in [5.74, 6) is 0.203. The van der Waals surface area contributed by atoms with Crippen LogP contribution in [0.3, 0.4) is 0 Å². The van der Waals surface area contributed by atoms with Crippen LogP contribution in [-0.2, 0) is 16.6 Å². The summed E-state index contributed by atoms with van der Waals surface area (Å²) in [6, 6.07) is 8.20. The number of hydrogen-bond donors (Lipinski definition) is 1. The Bertz CT molecular complexity index is 954. The third-order valence-corrected chi connectivity index (χ3v) is 5.99. The first kappa shape index (κ1) is 23.9. The number of amides is 1. The minimum Gasteiger partial charge on any atom is -0.465 e. The van der Waals surface area contributed by atoms with Crippen LogP contribution in [0.25, 0.3) is 0 Å². The molecule has 7 nitrogen and oxygen atoms in total. The van der Waals surface area contributed by atoms with Crippen LogP contribution in [-0.4, -0.2) is 63.4 Å². The lowest BCUT2D eigenvalue weighted by Crippen LogP contribution is -2.36. The Balaban J connectivity index is 2.20. The van der Waals surface area contributed by atoms with E-state index in [2.05, 4.69) is 0 Å². The second kappa shape index (κ2) is 9.63. The molecule has 0 saturated carbocycles. The van der Waals surface area contributed by atoms with Gasteiger partial charge in [0, 0.05) is 18.7 Å². The van der Waals surface area contributed by atoms with E-state index in [-0.39, 0.29) is 23.5 Å². The third-order valence-electron chi connectivity index (χ3n) is 4.13. The van der Waals surface area contributed by atoms with Crippen molar-refractivity contribution < 1.29 is 30.8 Å². The molecule has 166 valence electrons. The van der Waals surface area contributed by atoms with Crippen molar-refractivity contribution in [2.45, 2.75) is 24.5 Å². The predicted octanol–water partition coefficient (Wildman–Crippen LogP) is 2.63. The number of carbonyl (C=O) groups excluding carboxylic acids is 1. The van der Waals surface area contributed by atoms with Crippen LogP contribution in [0.4, 0.5) is 13.2 Å². The second-order valence-electron chi connectivity index (χ2n) is 6.98. The molecule has 1 aromatic heterocycles. The van der Waals surface area contributed by atoms with Crippen molar-refractivity contribution in [3.8, 4) is 0 Å². The van der Waals surface area contributed by atoms with Crippen LogP contribution in [0.1, 0.15) is 21.9 Å². The molecule has 1 heterocycles. The number of nitrogens with one attached hydrogen (secondary N) is 1. The highest BCUT2D eigenvalue weighted by molar-refractivity contribution is 7.89. The molecule has 0 saturated heterocycles. The molecular weight excluding hydrogens is 423 g/mol. The Morgan fingerprint density at radius 3 is 2.20 bits per heavy atom. The average molecular weight is 447 g/mol. The second-order valence-corrected chi connectivity index (χ2v) is 8.91. The zero-order valence-corrected chi connectivity index (χ0v) is 17.7. The maximum absolute atomic E-state index is 13.1. The lowest BCUT2D eigenvalue weighted by molar-refractivity contribution is -0.123. The van der Waals surface area contributed by atoms with Crippen LogP contribution in [0.5, 0.6) is 0 Å². The molecule has 0 spiro atoms. The number of furan rings is 1. The maximum Gasteiger partial charge on any atom is 0.405 e. The van der Waals surface area contributed by atoms with Gasteiger partial charge in [0.1, 0.15) is 18.1 Å². The summed E-state index contributed by atoms with van der Waals surface area (Å²) in [4.78, 5) is 13.6. The lowest BCUT2D eigenvalue weighted by atomic mass is 10.2. The van der Waals surface area contributed by atoms with Crippen molar-refractivity contribution in [1.82, 2.24) is 14.5 Å². The van der Waals surface area contributed by atoms with Gasteiger partial charge in [0.15, 0.2) is 0 Å². The van der Waals surface area contributed by atoms with E-state index in [0.717, 1.165) is 0 Å². The Morgan fingerprint density at radius 1 is 1.07 bits per heavy atom. The zero-order valence-electron chi connectivity index (χ0n) is 16.9. The Morgan fingerprint density at radius 2 is 1.70 bits per heavy atom. The number of rotatable bonds is 9. The molecular formula is C19H24F3N3O4S. The molecule has 0 aliphatic rings. The molecule has 2 aromatic rings. The van der Waals surface area contributed by atoms with Crippen LogP contribution < -0.4 is 5.32 Å². The first-order chi connectivity index (χ1) is 13.9. The van der Waals surface area contributed by atoms with Gasteiger partial charge in [-0.2, -0.15) is 17.5 Å².